The van der Waals surface area contributed by atoms with Gasteiger partial charge >= 0.3 is 5.76 Å². The maximum Gasteiger partial charge on any atom is 0.441 e. The summed E-state index contributed by atoms with van der Waals surface area (Å²) < 4.78 is 11.1. The van der Waals surface area contributed by atoms with Crippen LogP contribution >= 0.6 is 0 Å². The molecule has 1 aromatic heterocycles. The normalized spacial score (nSPS) is 10.9. The van der Waals surface area contributed by atoms with E-state index < -0.39 is 0 Å². The third-order valence-electron chi connectivity index (χ3n) is 2.52. The molecule has 0 amide bonds. The molecular formula is C11H20N2O3. The minimum Gasteiger partial charge on any atom is -0.377 e. The van der Waals surface area contributed by atoms with E-state index >= 15 is 0 Å². The van der Waals surface area contributed by atoms with Crippen LogP contribution in [-0.4, -0.2) is 16.8 Å². The highest BCUT2D eigenvalue weighted by Gasteiger charge is 2.09. The number of nitrogens with zero attached hydrogens (tertiary/aromatic N) is 2. The van der Waals surface area contributed by atoms with Gasteiger partial charge in [0.25, 0.3) is 0 Å². The average Bonchev–Trinajstić information content (AvgIpc) is 2.61. The zero-order valence-electron chi connectivity index (χ0n) is 10.1. The van der Waals surface area contributed by atoms with E-state index in [4.69, 9.17) is 4.74 Å². The van der Waals surface area contributed by atoms with E-state index in [2.05, 4.69) is 16.6 Å². The molecule has 0 aromatic carbocycles. The quantitative estimate of drug-likeness (QED) is 0.638. The topological polar surface area (TPSA) is 57.3 Å². The van der Waals surface area contributed by atoms with Crippen LogP contribution in [0.25, 0.3) is 0 Å². The molecule has 0 radical (unpaired) electrons. The second kappa shape index (κ2) is 7.22. The molecule has 0 unspecified atom stereocenters. The molecule has 1 aromatic rings. The van der Waals surface area contributed by atoms with Crippen molar-refractivity contribution < 1.29 is 9.26 Å². The first-order valence-corrected chi connectivity index (χ1v) is 5.84. The molecule has 0 bridgehead atoms. The van der Waals surface area contributed by atoms with Crippen molar-refractivity contribution in [3.63, 3.8) is 0 Å². The molecule has 5 nitrogen and oxygen atoms in total. The Morgan fingerprint density at radius 3 is 2.75 bits per heavy atom. The Morgan fingerprint density at radius 1 is 1.31 bits per heavy atom. The maximum atomic E-state index is 11.3. The monoisotopic (exact) mass is 228 g/mol. The van der Waals surface area contributed by atoms with Gasteiger partial charge in [-0.05, 0) is 6.42 Å². The Morgan fingerprint density at radius 2 is 2.06 bits per heavy atom. The smallest absolute Gasteiger partial charge is 0.377 e. The molecule has 1 heterocycles. The van der Waals surface area contributed by atoms with E-state index in [-0.39, 0.29) is 5.76 Å². The first-order chi connectivity index (χ1) is 7.79. The Labute approximate surface area is 95.4 Å². The number of hydrogen-bond donors (Lipinski definition) is 0. The minimum absolute atomic E-state index is 0.320. The van der Waals surface area contributed by atoms with Crippen LogP contribution in [0.5, 0.6) is 0 Å². The van der Waals surface area contributed by atoms with Crippen molar-refractivity contribution in [2.24, 2.45) is 0 Å². The summed E-state index contributed by atoms with van der Waals surface area (Å²) in [6, 6.07) is 0. The molecule has 0 saturated carbocycles. The van der Waals surface area contributed by atoms with Crippen LogP contribution in [0.3, 0.4) is 0 Å². The largest absolute Gasteiger partial charge is 0.441 e. The number of ether oxygens (including phenoxy) is 1. The molecule has 92 valence electrons. The Hall–Kier alpha value is -1.10. The first-order valence-electron chi connectivity index (χ1n) is 5.84. The van der Waals surface area contributed by atoms with E-state index in [1.54, 1.807) is 11.7 Å². The summed E-state index contributed by atoms with van der Waals surface area (Å²) >= 11 is 0. The highest BCUT2D eigenvalue weighted by Crippen LogP contribution is 2.04. The van der Waals surface area contributed by atoms with Crippen molar-refractivity contribution in [2.45, 2.75) is 52.2 Å². The summed E-state index contributed by atoms with van der Waals surface area (Å²) in [5.41, 5.74) is 0. The zero-order valence-corrected chi connectivity index (χ0v) is 10.1. The Bertz CT molecular complexity index is 343. The molecule has 0 saturated heterocycles. The van der Waals surface area contributed by atoms with E-state index in [0.29, 0.717) is 19.0 Å². The highest BCUT2D eigenvalue weighted by atomic mass is 16.5. The van der Waals surface area contributed by atoms with Gasteiger partial charge in [-0.2, -0.15) is 0 Å². The number of unbranched alkanes of at least 4 members (excludes halogenated alkanes) is 4. The van der Waals surface area contributed by atoms with Crippen molar-refractivity contribution >= 4 is 0 Å². The van der Waals surface area contributed by atoms with Gasteiger partial charge in [-0.1, -0.05) is 37.8 Å². The molecule has 0 aliphatic rings. The fraction of sp³-hybridized carbons (Fsp3) is 0.818. The molecule has 0 spiro atoms. The van der Waals surface area contributed by atoms with Crippen LogP contribution in [0.1, 0.15) is 44.9 Å². The molecule has 1 rings (SSSR count). The predicted molar refractivity (Wildman–Crippen MR) is 60.2 cm³/mol. The van der Waals surface area contributed by atoms with Gasteiger partial charge in [-0.25, -0.2) is 4.79 Å². The summed E-state index contributed by atoms with van der Waals surface area (Å²) in [5, 5.41) is 3.67. The molecule has 0 atom stereocenters. The highest BCUT2D eigenvalue weighted by molar-refractivity contribution is 4.80. The van der Waals surface area contributed by atoms with Crippen molar-refractivity contribution in [3.05, 3.63) is 16.4 Å². The summed E-state index contributed by atoms with van der Waals surface area (Å²) in [6.07, 6.45) is 5.82. The van der Waals surface area contributed by atoms with E-state index in [1.165, 1.54) is 19.3 Å². The molecule has 0 aliphatic carbocycles. The molecular weight excluding hydrogens is 208 g/mol. The van der Waals surface area contributed by atoms with Crippen LogP contribution in [-0.2, 0) is 17.9 Å². The second-order valence-electron chi connectivity index (χ2n) is 3.86. The van der Waals surface area contributed by atoms with Crippen LogP contribution < -0.4 is 5.76 Å². The van der Waals surface area contributed by atoms with Crippen molar-refractivity contribution in [1.82, 2.24) is 9.72 Å². The number of hydrogen-bond acceptors (Lipinski definition) is 4. The van der Waals surface area contributed by atoms with Crippen LogP contribution in [0.2, 0.25) is 0 Å². The van der Waals surface area contributed by atoms with Crippen LogP contribution in [0.4, 0.5) is 0 Å². The van der Waals surface area contributed by atoms with E-state index in [9.17, 15) is 4.79 Å². The number of aromatic nitrogens is 2. The molecule has 0 N–H and O–H groups in total. The van der Waals surface area contributed by atoms with E-state index in [0.717, 1.165) is 12.8 Å². The van der Waals surface area contributed by atoms with Gasteiger partial charge in [0.05, 0.1) is 0 Å². The molecule has 16 heavy (non-hydrogen) atoms. The second-order valence-corrected chi connectivity index (χ2v) is 3.86. The first kappa shape index (κ1) is 13.0. The van der Waals surface area contributed by atoms with Gasteiger partial charge in [0, 0.05) is 13.7 Å². The molecule has 5 heteroatoms. The number of methoxy groups -OCH3 is 1. The van der Waals surface area contributed by atoms with Crippen molar-refractivity contribution in [2.75, 3.05) is 7.11 Å². The SMILES string of the molecule is CCCCCCCn1c(COC)noc1=O. The summed E-state index contributed by atoms with van der Waals surface area (Å²) in [6.45, 7) is 3.17. The Balaban J connectivity index is 2.40. The van der Waals surface area contributed by atoms with Crippen molar-refractivity contribution in [3.8, 4) is 0 Å². The maximum absolute atomic E-state index is 11.3. The lowest BCUT2D eigenvalue weighted by Crippen LogP contribution is -2.17. The fourth-order valence-corrected chi connectivity index (χ4v) is 1.62. The third kappa shape index (κ3) is 3.81. The minimum atomic E-state index is -0.387. The third-order valence-corrected chi connectivity index (χ3v) is 2.52. The van der Waals surface area contributed by atoms with Gasteiger partial charge in [0.1, 0.15) is 6.61 Å². The van der Waals surface area contributed by atoms with Crippen molar-refractivity contribution in [1.29, 1.82) is 0 Å². The van der Waals surface area contributed by atoms with Gasteiger partial charge < -0.3 is 4.74 Å². The lowest BCUT2D eigenvalue weighted by molar-refractivity contribution is 0.171. The van der Waals surface area contributed by atoms with Gasteiger partial charge in [0.2, 0.25) is 0 Å². The fourth-order valence-electron chi connectivity index (χ4n) is 1.62. The van der Waals surface area contributed by atoms with E-state index in [1.807, 2.05) is 0 Å². The van der Waals surface area contributed by atoms with Gasteiger partial charge in [-0.15, -0.1) is 0 Å². The summed E-state index contributed by atoms with van der Waals surface area (Å²) in [4.78, 5) is 11.3. The molecule has 0 fully saturated rings. The Kier molecular flexibility index (Phi) is 5.85. The average molecular weight is 228 g/mol. The lowest BCUT2D eigenvalue weighted by Gasteiger charge is -2.03. The van der Waals surface area contributed by atoms with Crippen LogP contribution in [0.15, 0.2) is 9.32 Å². The summed E-state index contributed by atoms with van der Waals surface area (Å²) in [7, 11) is 1.57. The number of rotatable bonds is 8. The molecule has 0 aliphatic heterocycles. The van der Waals surface area contributed by atoms with Gasteiger partial charge in [0.15, 0.2) is 5.82 Å². The summed E-state index contributed by atoms with van der Waals surface area (Å²) in [5.74, 6) is 0.186. The standard InChI is InChI=1S/C11H20N2O3/c1-3-4-5-6-7-8-13-10(9-15-2)12-16-11(13)14/h3-9H2,1-2H3. The van der Waals surface area contributed by atoms with Crippen LogP contribution in [0, 0.1) is 0 Å². The van der Waals surface area contributed by atoms with Gasteiger partial charge in [-0.3, -0.25) is 9.09 Å². The predicted octanol–water partition coefficient (Wildman–Crippen LogP) is 1.95. The zero-order chi connectivity index (χ0) is 11.8. The lowest BCUT2D eigenvalue weighted by atomic mass is 10.1.